The van der Waals surface area contributed by atoms with E-state index in [0.717, 1.165) is 34.1 Å². The first kappa shape index (κ1) is 28.1. The molecule has 2 aromatic carbocycles. The van der Waals surface area contributed by atoms with Gasteiger partial charge in [0.25, 0.3) is 5.91 Å². The first-order valence-corrected chi connectivity index (χ1v) is 14.0. The van der Waals surface area contributed by atoms with Gasteiger partial charge in [-0.05, 0) is 47.9 Å². The number of carbonyl (C=O) groups excluding carboxylic acids is 3. The summed E-state index contributed by atoms with van der Waals surface area (Å²) in [5, 5.41) is 8.91. The minimum absolute atomic E-state index is 0.176. The molecule has 0 unspecified atom stereocenters. The molecule has 0 spiro atoms. The molecule has 1 atom stereocenters. The zero-order valence-corrected chi connectivity index (χ0v) is 22.8. The second kappa shape index (κ2) is 14.3. The minimum Gasteiger partial charge on any atom is -0.354 e. The first-order valence-electron chi connectivity index (χ1n) is 13.2. The van der Waals surface area contributed by atoms with Gasteiger partial charge in [-0.15, -0.1) is 11.3 Å². The van der Waals surface area contributed by atoms with E-state index in [4.69, 9.17) is 0 Å². The number of hydroxylamine groups is 1. The number of nitrogens with one attached hydrogen (secondary N) is 4. The highest BCUT2D eigenvalue weighted by Crippen LogP contribution is 2.30. The summed E-state index contributed by atoms with van der Waals surface area (Å²) >= 11 is 1.34. The molecule has 204 valence electrons. The van der Waals surface area contributed by atoms with Crippen LogP contribution in [0.1, 0.15) is 47.3 Å². The van der Waals surface area contributed by atoms with Crippen molar-refractivity contribution in [3.63, 3.8) is 0 Å². The Balaban J connectivity index is 1.39. The highest BCUT2D eigenvalue weighted by molar-refractivity contribution is 7.12. The van der Waals surface area contributed by atoms with Crippen LogP contribution in [0, 0.1) is 0 Å². The molecule has 0 bridgehead atoms. The average Bonchev–Trinajstić information content (AvgIpc) is 3.62. The maximum atomic E-state index is 13.2. The number of rotatable bonds is 14. The Labute approximate surface area is 232 Å². The molecule has 8 nitrogen and oxygen atoms in total. The topological polar surface area (TPSA) is 112 Å². The lowest BCUT2D eigenvalue weighted by Gasteiger charge is -2.18. The summed E-state index contributed by atoms with van der Waals surface area (Å²) in [4.78, 5) is 46.3. The molecule has 0 saturated carbocycles. The van der Waals surface area contributed by atoms with E-state index in [0.29, 0.717) is 43.5 Å². The quantitative estimate of drug-likeness (QED) is 0.132. The third kappa shape index (κ3) is 7.78. The molecule has 4 aromatic rings. The van der Waals surface area contributed by atoms with Crippen molar-refractivity contribution < 1.29 is 19.2 Å². The van der Waals surface area contributed by atoms with Crippen LogP contribution < -0.4 is 16.1 Å². The van der Waals surface area contributed by atoms with Gasteiger partial charge in [-0.25, -0.2) is 5.48 Å². The molecule has 4 rings (SSSR count). The van der Waals surface area contributed by atoms with Gasteiger partial charge in [-0.3, -0.25) is 19.2 Å². The number of aromatic nitrogens is 1. The third-order valence-electron chi connectivity index (χ3n) is 6.53. The zero-order chi connectivity index (χ0) is 27.5. The van der Waals surface area contributed by atoms with Crippen LogP contribution >= 0.6 is 11.3 Å². The Morgan fingerprint density at radius 3 is 2.51 bits per heavy atom. The van der Waals surface area contributed by atoms with Crippen molar-refractivity contribution in [2.24, 2.45) is 0 Å². The highest BCUT2D eigenvalue weighted by Gasteiger charge is 2.22. The van der Waals surface area contributed by atoms with Gasteiger partial charge in [-0.1, -0.05) is 67.4 Å². The smallest absolute Gasteiger partial charge is 0.261 e. The van der Waals surface area contributed by atoms with E-state index < -0.39 is 6.04 Å². The highest BCUT2D eigenvalue weighted by atomic mass is 32.1. The van der Waals surface area contributed by atoms with Gasteiger partial charge in [-0.2, -0.15) is 0 Å². The van der Waals surface area contributed by atoms with Gasteiger partial charge in [0.1, 0.15) is 6.04 Å². The number of H-pyrrole nitrogens is 1. The normalized spacial score (nSPS) is 11.7. The predicted molar refractivity (Wildman–Crippen MR) is 154 cm³/mol. The number of fused-ring (bicyclic) bond motifs is 1. The first-order chi connectivity index (χ1) is 19.1. The van der Waals surface area contributed by atoms with Gasteiger partial charge >= 0.3 is 0 Å². The lowest BCUT2D eigenvalue weighted by Crippen LogP contribution is -2.47. The number of para-hydroxylation sites is 1. The molecule has 9 heteroatoms. The van der Waals surface area contributed by atoms with Crippen molar-refractivity contribution in [2.45, 2.75) is 44.6 Å². The lowest BCUT2D eigenvalue weighted by molar-refractivity contribution is -0.131. The van der Waals surface area contributed by atoms with Crippen molar-refractivity contribution in [1.29, 1.82) is 0 Å². The molecular formula is C30H34N4O4S. The van der Waals surface area contributed by atoms with Gasteiger partial charge in [0.05, 0.1) is 12.0 Å². The summed E-state index contributed by atoms with van der Waals surface area (Å²) in [7, 11) is 1.40. The fraction of sp³-hybridized carbons (Fsp3) is 0.300. The molecule has 0 aliphatic carbocycles. The molecule has 39 heavy (non-hydrogen) atoms. The van der Waals surface area contributed by atoms with E-state index in [2.05, 4.69) is 50.2 Å². The number of amides is 3. The molecule has 4 N–H and O–H groups in total. The van der Waals surface area contributed by atoms with E-state index in [9.17, 15) is 14.4 Å². The maximum absolute atomic E-state index is 13.2. The van der Waals surface area contributed by atoms with E-state index in [1.165, 1.54) is 18.4 Å². The monoisotopic (exact) mass is 546 g/mol. The molecule has 3 amide bonds. The SMILES string of the molecule is CONC(=O)CCCCC[C@H](NC(=O)c1cccs1)C(=O)NCCc1c(-c2ccccc2)[nH]c2ccccc12. The number of thiophene rings is 1. The Bertz CT molecular complexity index is 1370. The van der Waals surface area contributed by atoms with Crippen molar-refractivity contribution in [3.05, 3.63) is 82.6 Å². The van der Waals surface area contributed by atoms with Gasteiger partial charge < -0.3 is 15.6 Å². The van der Waals surface area contributed by atoms with Crippen LogP contribution in [0.25, 0.3) is 22.2 Å². The fourth-order valence-corrected chi connectivity index (χ4v) is 5.25. The Kier molecular flexibility index (Phi) is 10.3. The van der Waals surface area contributed by atoms with Crippen molar-refractivity contribution in [1.82, 2.24) is 21.1 Å². The second-order valence-electron chi connectivity index (χ2n) is 9.26. The summed E-state index contributed by atoms with van der Waals surface area (Å²) in [5.74, 6) is -0.643. The summed E-state index contributed by atoms with van der Waals surface area (Å²) in [6.07, 6.45) is 3.60. The Hall–Kier alpha value is -3.95. The zero-order valence-electron chi connectivity index (χ0n) is 22.0. The lowest BCUT2D eigenvalue weighted by atomic mass is 10.0. The molecular weight excluding hydrogens is 512 g/mol. The molecule has 0 radical (unpaired) electrons. The van der Waals surface area contributed by atoms with Crippen LogP contribution in [0.4, 0.5) is 0 Å². The van der Waals surface area contributed by atoms with Gasteiger partial charge in [0.2, 0.25) is 11.8 Å². The van der Waals surface area contributed by atoms with Crippen molar-refractivity contribution in [2.75, 3.05) is 13.7 Å². The molecule has 0 fully saturated rings. The third-order valence-corrected chi connectivity index (χ3v) is 7.40. The standard InChI is InChI=1S/C30H34N4O4S/c1-38-34-27(35)17-7-3-6-15-25(33-30(37)26-16-10-20-39-26)29(36)31-19-18-23-22-13-8-9-14-24(22)32-28(23)21-11-4-2-5-12-21/h2,4-5,8-14,16,20,25,32H,3,6-7,15,17-19H2,1H3,(H,31,36)(H,33,37)(H,34,35)/t25-/m0/s1. The van der Waals surface area contributed by atoms with E-state index in [-0.39, 0.29) is 17.7 Å². The van der Waals surface area contributed by atoms with Crippen LogP contribution in [0.2, 0.25) is 0 Å². The molecule has 0 saturated heterocycles. The number of aromatic amines is 1. The number of benzene rings is 2. The number of hydrogen-bond acceptors (Lipinski definition) is 5. The fourth-order valence-electron chi connectivity index (χ4n) is 4.63. The molecule has 0 aliphatic rings. The molecule has 2 heterocycles. The largest absolute Gasteiger partial charge is 0.354 e. The van der Waals surface area contributed by atoms with Gasteiger partial charge in [0, 0.05) is 29.6 Å². The van der Waals surface area contributed by atoms with E-state index in [1.54, 1.807) is 6.07 Å². The summed E-state index contributed by atoms with van der Waals surface area (Å²) in [6.45, 7) is 0.434. The van der Waals surface area contributed by atoms with Gasteiger partial charge in [0.15, 0.2) is 0 Å². The van der Waals surface area contributed by atoms with Crippen molar-refractivity contribution in [3.8, 4) is 11.3 Å². The summed E-state index contributed by atoms with van der Waals surface area (Å²) < 4.78 is 0. The molecule has 0 aliphatic heterocycles. The van der Waals surface area contributed by atoms with Crippen LogP contribution in [0.3, 0.4) is 0 Å². The number of unbranched alkanes of at least 4 members (excludes halogenated alkanes) is 2. The predicted octanol–water partition coefficient (Wildman–Crippen LogP) is 4.98. The average molecular weight is 547 g/mol. The van der Waals surface area contributed by atoms with E-state index >= 15 is 0 Å². The minimum atomic E-state index is -0.663. The maximum Gasteiger partial charge on any atom is 0.261 e. The number of hydrogen-bond donors (Lipinski definition) is 4. The van der Waals surface area contributed by atoms with Crippen molar-refractivity contribution >= 4 is 40.0 Å². The van der Waals surface area contributed by atoms with Crippen LogP contribution in [-0.2, 0) is 20.8 Å². The van der Waals surface area contributed by atoms with Crippen LogP contribution in [0.15, 0.2) is 72.1 Å². The Morgan fingerprint density at radius 1 is 0.949 bits per heavy atom. The number of carbonyl (C=O) groups is 3. The summed E-state index contributed by atoms with van der Waals surface area (Å²) in [6, 6.07) is 21.2. The second-order valence-corrected chi connectivity index (χ2v) is 10.2. The summed E-state index contributed by atoms with van der Waals surface area (Å²) in [5.41, 5.74) is 6.64. The van der Waals surface area contributed by atoms with Crippen LogP contribution in [0.5, 0.6) is 0 Å². The van der Waals surface area contributed by atoms with Crippen LogP contribution in [-0.4, -0.2) is 42.4 Å². The molecule has 2 aromatic heterocycles. The Morgan fingerprint density at radius 2 is 1.74 bits per heavy atom. The van der Waals surface area contributed by atoms with E-state index in [1.807, 2.05) is 41.8 Å².